The highest BCUT2D eigenvalue weighted by Crippen LogP contribution is 2.32. The number of ether oxygens (including phenoxy) is 1. The Kier molecular flexibility index (Phi) is 4.28. The van der Waals surface area contributed by atoms with E-state index in [9.17, 15) is 9.59 Å². The van der Waals surface area contributed by atoms with Gasteiger partial charge in [0.1, 0.15) is 0 Å². The number of ketones is 1. The fourth-order valence-electron chi connectivity index (χ4n) is 3.10. The summed E-state index contributed by atoms with van der Waals surface area (Å²) in [5.41, 5.74) is 1.04. The summed E-state index contributed by atoms with van der Waals surface area (Å²) in [4.78, 5) is 24.5. The Morgan fingerprint density at radius 2 is 2.08 bits per heavy atom. The average molecular weight is 331 g/mol. The third-order valence-corrected chi connectivity index (χ3v) is 4.49. The number of aromatic nitrogens is 2. The first-order valence-corrected chi connectivity index (χ1v) is 7.94. The van der Waals surface area contributed by atoms with E-state index in [1.807, 2.05) is 0 Å². The normalized spacial score (nSPS) is 19.9. The number of hydrogen-bond acceptors (Lipinski definition) is 6. The molecule has 2 heterocycles. The third kappa shape index (κ3) is 2.99. The maximum Gasteiger partial charge on any atom is 0.444 e. The number of Topliss-reactive ketones (excluding diaryl/α,β-unsaturated/α-hetero) is 1. The zero-order chi connectivity index (χ0) is 17.3. The summed E-state index contributed by atoms with van der Waals surface area (Å²) in [5.74, 6) is -0.572. The van der Waals surface area contributed by atoms with E-state index in [4.69, 9.17) is 9.15 Å². The minimum absolute atomic E-state index is 0.0660. The first-order chi connectivity index (χ1) is 11.4. The van der Waals surface area contributed by atoms with E-state index in [-0.39, 0.29) is 23.3 Å². The SMILES string of the molecule is COc1nn(-c2ccc(C(=O)C3NCCCC3(C)C)cc2)c(=O)o1. The number of nitrogens with one attached hydrogen (secondary N) is 1. The summed E-state index contributed by atoms with van der Waals surface area (Å²) in [5, 5.41) is 7.23. The van der Waals surface area contributed by atoms with Gasteiger partial charge in [0.2, 0.25) is 0 Å². The molecule has 0 aliphatic carbocycles. The number of hydrogen-bond donors (Lipinski definition) is 1. The molecule has 3 rings (SSSR count). The van der Waals surface area contributed by atoms with Crippen LogP contribution in [0.1, 0.15) is 37.0 Å². The van der Waals surface area contributed by atoms with Gasteiger partial charge in [-0.3, -0.25) is 4.79 Å². The highest BCUT2D eigenvalue weighted by molar-refractivity contribution is 6.00. The van der Waals surface area contributed by atoms with Crippen LogP contribution in [0, 0.1) is 5.41 Å². The summed E-state index contributed by atoms with van der Waals surface area (Å²) < 4.78 is 10.7. The second-order valence-corrected chi connectivity index (χ2v) is 6.64. The van der Waals surface area contributed by atoms with Crippen LogP contribution in [0.3, 0.4) is 0 Å². The Bertz CT molecular complexity index is 789. The van der Waals surface area contributed by atoms with E-state index < -0.39 is 5.76 Å². The quantitative estimate of drug-likeness (QED) is 0.860. The molecule has 128 valence electrons. The third-order valence-electron chi connectivity index (χ3n) is 4.49. The van der Waals surface area contributed by atoms with Gasteiger partial charge in [0.05, 0.1) is 18.8 Å². The summed E-state index contributed by atoms with van der Waals surface area (Å²) in [6.45, 7) is 5.07. The van der Waals surface area contributed by atoms with Crippen LogP contribution in [0.25, 0.3) is 5.69 Å². The molecule has 0 bridgehead atoms. The van der Waals surface area contributed by atoms with Crippen LogP contribution < -0.4 is 15.8 Å². The van der Waals surface area contributed by atoms with E-state index in [1.54, 1.807) is 24.3 Å². The van der Waals surface area contributed by atoms with Crippen molar-refractivity contribution in [2.45, 2.75) is 32.7 Å². The molecule has 0 amide bonds. The zero-order valence-corrected chi connectivity index (χ0v) is 14.0. The lowest BCUT2D eigenvalue weighted by atomic mass is 9.74. The largest absolute Gasteiger partial charge is 0.452 e. The lowest BCUT2D eigenvalue weighted by Crippen LogP contribution is -2.51. The summed E-state index contributed by atoms with van der Waals surface area (Å²) in [6, 6.07) is 6.56. The molecule has 1 atom stereocenters. The van der Waals surface area contributed by atoms with Crippen LogP contribution in [0.15, 0.2) is 33.5 Å². The lowest BCUT2D eigenvalue weighted by molar-refractivity contribution is 0.0798. The van der Waals surface area contributed by atoms with Gasteiger partial charge in [-0.25, -0.2) is 4.79 Å². The molecule has 1 aliphatic heterocycles. The molecule has 24 heavy (non-hydrogen) atoms. The van der Waals surface area contributed by atoms with E-state index in [1.165, 1.54) is 7.11 Å². The van der Waals surface area contributed by atoms with Crippen molar-refractivity contribution in [1.82, 2.24) is 15.1 Å². The number of rotatable bonds is 4. The van der Waals surface area contributed by atoms with Crippen molar-refractivity contribution in [2.75, 3.05) is 13.7 Å². The molecule has 0 spiro atoms. The molecule has 1 saturated heterocycles. The standard InChI is InChI=1S/C17H21N3O4/c1-17(2)9-4-10-18-14(17)13(21)11-5-7-12(8-6-11)20-16(22)24-15(19-20)23-3/h5-8,14,18H,4,9-10H2,1-3H3. The molecular formula is C17H21N3O4. The highest BCUT2D eigenvalue weighted by Gasteiger charge is 2.37. The Morgan fingerprint density at radius 3 is 2.67 bits per heavy atom. The summed E-state index contributed by atoms with van der Waals surface area (Å²) >= 11 is 0. The second-order valence-electron chi connectivity index (χ2n) is 6.64. The number of methoxy groups -OCH3 is 1. The van der Waals surface area contributed by atoms with Gasteiger partial charge < -0.3 is 14.5 Å². The van der Waals surface area contributed by atoms with Crippen molar-refractivity contribution in [2.24, 2.45) is 5.41 Å². The van der Waals surface area contributed by atoms with Crippen molar-refractivity contribution in [3.8, 4) is 11.8 Å². The van der Waals surface area contributed by atoms with Crippen LogP contribution in [-0.4, -0.2) is 35.3 Å². The topological polar surface area (TPSA) is 86.4 Å². The number of carbonyl (C=O) groups excluding carboxylic acids is 1. The molecule has 7 heteroatoms. The predicted octanol–water partition coefficient (Wildman–Crippen LogP) is 1.79. The minimum Gasteiger partial charge on any atom is -0.452 e. The predicted molar refractivity (Wildman–Crippen MR) is 87.8 cm³/mol. The molecule has 1 unspecified atom stereocenters. The molecule has 1 aromatic carbocycles. The van der Waals surface area contributed by atoms with Gasteiger partial charge in [0.25, 0.3) is 0 Å². The Morgan fingerprint density at radius 1 is 1.38 bits per heavy atom. The van der Waals surface area contributed by atoms with E-state index >= 15 is 0 Å². The Balaban J connectivity index is 1.85. The molecule has 1 fully saturated rings. The molecule has 2 aromatic rings. The van der Waals surface area contributed by atoms with Crippen molar-refractivity contribution in [1.29, 1.82) is 0 Å². The number of carbonyl (C=O) groups is 1. The molecule has 1 aromatic heterocycles. The van der Waals surface area contributed by atoms with Crippen LogP contribution in [0.4, 0.5) is 0 Å². The van der Waals surface area contributed by atoms with Gasteiger partial charge in [-0.15, -0.1) is 0 Å². The number of piperidine rings is 1. The van der Waals surface area contributed by atoms with Crippen LogP contribution >= 0.6 is 0 Å². The van der Waals surface area contributed by atoms with Crippen LogP contribution in [0.2, 0.25) is 0 Å². The molecule has 7 nitrogen and oxygen atoms in total. The van der Waals surface area contributed by atoms with Gasteiger partial charge in [0.15, 0.2) is 5.78 Å². The fourth-order valence-corrected chi connectivity index (χ4v) is 3.10. The summed E-state index contributed by atoms with van der Waals surface area (Å²) in [6.07, 6.45) is 1.99. The van der Waals surface area contributed by atoms with Crippen molar-refractivity contribution in [3.05, 3.63) is 40.4 Å². The molecular weight excluding hydrogens is 310 g/mol. The van der Waals surface area contributed by atoms with Gasteiger partial charge in [-0.1, -0.05) is 18.9 Å². The van der Waals surface area contributed by atoms with Crippen molar-refractivity contribution < 1.29 is 13.9 Å². The van der Waals surface area contributed by atoms with Gasteiger partial charge in [0, 0.05) is 5.56 Å². The first kappa shape index (κ1) is 16.4. The Labute approximate surface area is 139 Å². The maximum absolute atomic E-state index is 12.8. The van der Waals surface area contributed by atoms with Crippen LogP contribution in [0.5, 0.6) is 6.08 Å². The monoisotopic (exact) mass is 331 g/mol. The lowest BCUT2D eigenvalue weighted by Gasteiger charge is -2.38. The average Bonchev–Trinajstić information content (AvgIpc) is 2.95. The van der Waals surface area contributed by atoms with Gasteiger partial charge in [-0.05, 0) is 49.1 Å². The first-order valence-electron chi connectivity index (χ1n) is 7.94. The smallest absolute Gasteiger partial charge is 0.444 e. The highest BCUT2D eigenvalue weighted by atomic mass is 16.6. The van der Waals surface area contributed by atoms with E-state index in [0.717, 1.165) is 24.1 Å². The molecule has 0 radical (unpaired) electrons. The number of nitrogens with zero attached hydrogens (tertiary/aromatic N) is 2. The minimum atomic E-state index is -0.638. The fraction of sp³-hybridized carbons (Fsp3) is 0.471. The van der Waals surface area contributed by atoms with E-state index in [0.29, 0.717) is 11.3 Å². The molecule has 1 aliphatic rings. The van der Waals surface area contributed by atoms with Crippen molar-refractivity contribution >= 4 is 5.78 Å². The zero-order valence-electron chi connectivity index (χ0n) is 14.0. The maximum atomic E-state index is 12.8. The Hall–Kier alpha value is -2.41. The molecule has 0 saturated carbocycles. The van der Waals surface area contributed by atoms with Crippen molar-refractivity contribution in [3.63, 3.8) is 0 Å². The van der Waals surface area contributed by atoms with Gasteiger partial charge in [-0.2, -0.15) is 4.68 Å². The van der Waals surface area contributed by atoms with Gasteiger partial charge >= 0.3 is 11.8 Å². The summed E-state index contributed by atoms with van der Waals surface area (Å²) in [7, 11) is 1.37. The molecule has 1 N–H and O–H groups in total. The second kappa shape index (κ2) is 6.24. The van der Waals surface area contributed by atoms with E-state index in [2.05, 4.69) is 24.3 Å². The number of benzene rings is 1. The van der Waals surface area contributed by atoms with Crippen LogP contribution in [-0.2, 0) is 0 Å².